The van der Waals surface area contributed by atoms with Crippen LogP contribution in [0.3, 0.4) is 0 Å². The van der Waals surface area contributed by atoms with Gasteiger partial charge in [0, 0.05) is 22.6 Å². The normalized spacial score (nSPS) is 10.8. The number of nitro benzene ring substituents is 2. The van der Waals surface area contributed by atoms with Crippen LogP contribution >= 0.6 is 11.8 Å². The first-order chi connectivity index (χ1) is 11.9. The highest BCUT2D eigenvalue weighted by Crippen LogP contribution is 2.24. The van der Waals surface area contributed by atoms with Gasteiger partial charge < -0.3 is 0 Å². The molecule has 0 aliphatic heterocycles. The summed E-state index contributed by atoms with van der Waals surface area (Å²) in [7, 11) is 0. The minimum atomic E-state index is -0.712. The fourth-order valence-electron chi connectivity index (χ4n) is 2.08. The molecule has 0 N–H and O–H groups in total. The Morgan fingerprint density at radius 1 is 1.04 bits per heavy atom. The molecule has 0 radical (unpaired) electrons. The zero-order valence-electron chi connectivity index (χ0n) is 13.2. The number of thioether (sulfide) groups is 1. The third kappa shape index (κ3) is 4.98. The van der Waals surface area contributed by atoms with Crippen molar-refractivity contribution in [3.05, 3.63) is 79.9 Å². The van der Waals surface area contributed by atoms with Crippen LogP contribution < -0.4 is 0 Å². The molecule has 0 amide bonds. The molecule has 2 aromatic rings. The lowest BCUT2D eigenvalue weighted by Gasteiger charge is -2.00. The molecule has 0 aliphatic carbocycles. The highest BCUT2D eigenvalue weighted by atomic mass is 32.2. The molecule has 0 unspecified atom stereocenters. The van der Waals surface area contributed by atoms with Gasteiger partial charge in [-0.05, 0) is 41.7 Å². The Balaban J connectivity index is 2.24. The molecule has 8 heteroatoms. The van der Waals surface area contributed by atoms with Crippen molar-refractivity contribution < 1.29 is 14.6 Å². The van der Waals surface area contributed by atoms with Crippen LogP contribution in [0, 0.1) is 20.2 Å². The predicted molar refractivity (Wildman–Crippen MR) is 96.0 cm³/mol. The topological polar surface area (TPSA) is 103 Å². The van der Waals surface area contributed by atoms with E-state index in [0.717, 1.165) is 16.7 Å². The first-order valence-corrected chi connectivity index (χ1v) is 8.28. The average molecular weight is 358 g/mol. The number of allylic oxidation sites excluding steroid dienone is 1. The van der Waals surface area contributed by atoms with Crippen molar-refractivity contribution in [1.29, 1.82) is 0 Å². The second-order valence-corrected chi connectivity index (χ2v) is 6.29. The summed E-state index contributed by atoms with van der Waals surface area (Å²) >= 11 is 1.66. The number of carbonyl (C=O) groups excluding carboxylic acids is 1. The van der Waals surface area contributed by atoms with Crippen LogP contribution in [-0.2, 0) is 0 Å². The van der Waals surface area contributed by atoms with E-state index in [2.05, 4.69) is 0 Å². The Hall–Kier alpha value is -3.00. The lowest BCUT2D eigenvalue weighted by atomic mass is 10.1. The van der Waals surface area contributed by atoms with Gasteiger partial charge in [0.25, 0.3) is 11.4 Å². The van der Waals surface area contributed by atoms with Crippen LogP contribution in [0.15, 0.2) is 53.4 Å². The Bertz CT molecular complexity index is 814. The monoisotopic (exact) mass is 358 g/mol. The highest BCUT2D eigenvalue weighted by Gasteiger charge is 2.15. The zero-order valence-corrected chi connectivity index (χ0v) is 14.1. The summed E-state index contributed by atoms with van der Waals surface area (Å²) in [4.78, 5) is 33.5. The van der Waals surface area contributed by atoms with Crippen molar-refractivity contribution in [1.82, 2.24) is 0 Å². The fraction of sp³-hybridized carbons (Fsp3) is 0.118. The maximum atomic E-state index is 12.2. The van der Waals surface area contributed by atoms with Crippen LogP contribution in [0.25, 0.3) is 6.08 Å². The summed E-state index contributed by atoms with van der Waals surface area (Å²) in [6.45, 7) is 2.03. The number of ketones is 1. The number of nitro groups is 2. The number of hydrogen-bond donors (Lipinski definition) is 0. The van der Waals surface area contributed by atoms with Crippen LogP contribution in [-0.4, -0.2) is 21.4 Å². The van der Waals surface area contributed by atoms with Crippen molar-refractivity contribution in [3.8, 4) is 0 Å². The quantitative estimate of drug-likeness (QED) is 0.237. The summed E-state index contributed by atoms with van der Waals surface area (Å²) < 4.78 is 0. The van der Waals surface area contributed by atoms with E-state index in [9.17, 15) is 25.0 Å². The number of hydrogen-bond acceptors (Lipinski definition) is 6. The number of non-ortho nitro benzene ring substituents is 2. The molecule has 0 atom stereocenters. The minimum Gasteiger partial charge on any atom is -0.289 e. The molecule has 0 aliphatic rings. The molecule has 2 rings (SSSR count). The van der Waals surface area contributed by atoms with Gasteiger partial charge in [0.15, 0.2) is 5.78 Å². The van der Waals surface area contributed by atoms with E-state index >= 15 is 0 Å². The predicted octanol–water partition coefficient (Wildman–Crippen LogP) is 4.51. The summed E-state index contributed by atoms with van der Waals surface area (Å²) in [6, 6.07) is 10.3. The van der Waals surface area contributed by atoms with E-state index in [-0.39, 0.29) is 11.3 Å². The molecule has 128 valence electrons. The largest absolute Gasteiger partial charge is 0.289 e. The van der Waals surface area contributed by atoms with Crippen LogP contribution in [0.5, 0.6) is 0 Å². The molecule has 0 heterocycles. The molecule has 0 bridgehead atoms. The van der Waals surface area contributed by atoms with Gasteiger partial charge in [0.2, 0.25) is 0 Å². The molecular weight excluding hydrogens is 344 g/mol. The van der Waals surface area contributed by atoms with E-state index in [4.69, 9.17) is 0 Å². The molecule has 0 saturated heterocycles. The van der Waals surface area contributed by atoms with Gasteiger partial charge in [-0.25, -0.2) is 0 Å². The van der Waals surface area contributed by atoms with Gasteiger partial charge in [-0.3, -0.25) is 25.0 Å². The van der Waals surface area contributed by atoms with Crippen LogP contribution in [0.2, 0.25) is 0 Å². The van der Waals surface area contributed by atoms with Crippen molar-refractivity contribution >= 4 is 35.0 Å². The first kappa shape index (κ1) is 18.3. The Morgan fingerprint density at radius 3 is 2.08 bits per heavy atom. The van der Waals surface area contributed by atoms with Gasteiger partial charge >= 0.3 is 0 Å². The second-order valence-electron chi connectivity index (χ2n) is 4.95. The standard InChI is InChI=1S/C17H14N2O5S/c1-2-25-16-6-4-13(5-7-16)17(20)8-3-12-9-14(18(21)22)11-15(10-12)19(23)24/h3-11H,2H2,1H3. The summed E-state index contributed by atoms with van der Waals surface area (Å²) in [5.41, 5.74) is -0.117. The SMILES string of the molecule is CCSc1ccc(C(=O)C=Cc2cc([N+](=O)[O-])cc([N+](=O)[O-])c2)cc1. The summed E-state index contributed by atoms with van der Waals surface area (Å²) in [5, 5.41) is 21.7. The van der Waals surface area contributed by atoms with E-state index in [0.29, 0.717) is 5.56 Å². The molecule has 0 saturated carbocycles. The molecule has 2 aromatic carbocycles. The molecule has 0 fully saturated rings. The maximum Gasteiger partial charge on any atom is 0.276 e. The van der Waals surface area contributed by atoms with Gasteiger partial charge in [0.05, 0.1) is 15.9 Å². The van der Waals surface area contributed by atoms with E-state index < -0.39 is 21.2 Å². The lowest BCUT2D eigenvalue weighted by Crippen LogP contribution is -1.95. The van der Waals surface area contributed by atoms with Gasteiger partial charge in [-0.15, -0.1) is 11.8 Å². The van der Waals surface area contributed by atoms with E-state index in [1.54, 1.807) is 23.9 Å². The zero-order chi connectivity index (χ0) is 18.4. The average Bonchev–Trinajstić information content (AvgIpc) is 2.60. The van der Waals surface area contributed by atoms with Crippen molar-refractivity contribution in [2.24, 2.45) is 0 Å². The van der Waals surface area contributed by atoms with Crippen LogP contribution in [0.1, 0.15) is 22.8 Å². The number of rotatable bonds is 7. The van der Waals surface area contributed by atoms with Crippen molar-refractivity contribution in [2.45, 2.75) is 11.8 Å². The fourth-order valence-corrected chi connectivity index (χ4v) is 2.74. The molecule has 7 nitrogen and oxygen atoms in total. The Labute approximate surface area is 147 Å². The number of carbonyl (C=O) groups is 1. The van der Waals surface area contributed by atoms with Gasteiger partial charge in [0.1, 0.15) is 0 Å². The Kier molecular flexibility index (Phi) is 6.02. The van der Waals surface area contributed by atoms with Crippen molar-refractivity contribution in [2.75, 3.05) is 5.75 Å². The molecule has 0 spiro atoms. The second kappa shape index (κ2) is 8.20. The summed E-state index contributed by atoms with van der Waals surface area (Å²) in [5.74, 6) is 0.640. The first-order valence-electron chi connectivity index (χ1n) is 7.30. The van der Waals surface area contributed by atoms with Crippen molar-refractivity contribution in [3.63, 3.8) is 0 Å². The van der Waals surface area contributed by atoms with Crippen LogP contribution in [0.4, 0.5) is 11.4 Å². The molecule has 0 aromatic heterocycles. The lowest BCUT2D eigenvalue weighted by molar-refractivity contribution is -0.394. The van der Waals surface area contributed by atoms with E-state index in [1.165, 1.54) is 24.3 Å². The number of benzene rings is 2. The third-order valence-electron chi connectivity index (χ3n) is 3.22. The Morgan fingerprint density at radius 2 is 1.60 bits per heavy atom. The number of nitrogens with zero attached hydrogens (tertiary/aromatic N) is 2. The summed E-state index contributed by atoms with van der Waals surface area (Å²) in [6.07, 6.45) is 2.57. The third-order valence-corrected chi connectivity index (χ3v) is 4.12. The smallest absolute Gasteiger partial charge is 0.276 e. The van der Waals surface area contributed by atoms with Gasteiger partial charge in [-0.2, -0.15) is 0 Å². The molecule has 25 heavy (non-hydrogen) atoms. The maximum absolute atomic E-state index is 12.2. The van der Waals surface area contributed by atoms with E-state index in [1.807, 2.05) is 19.1 Å². The van der Waals surface area contributed by atoms with Gasteiger partial charge in [-0.1, -0.05) is 13.0 Å². The highest BCUT2D eigenvalue weighted by molar-refractivity contribution is 7.99. The minimum absolute atomic E-state index is 0.215. The molecular formula is C17H14N2O5S.